The van der Waals surface area contributed by atoms with Gasteiger partial charge in [0, 0.05) is 86.9 Å². The standard InChI is InChI=1S/C79H124N18O16S/c1-44(2)32-60(75(111)93-58(71(81)107)24-31-114-9)94-76(112)62(35-51-37-84-43-88-51)92-67(102)40-87-77(113)70(45(3)4)96-72(108)47(6)89-74(110)61(33-48-36-85-57-13-11-10-12-52(48)57)95-73(109)59(19-20-63(80)98)91-64(99)21-14-46(5)54-17-18-55-53-16-15-49-34-50(22-25-78(49,7)56(53)23-26-79(54,55)8)90-66(101)39-86-65(100)38-82-27-29-97(42-69(105)106)30-28-83-41-68(103)104/h10-13,36-37,43-47,49-50,53-56,58-62,70,82-83,85H,14-35,38-42H2,1-9H3,(H2,80,98)(H2,81,107)(H,84,88)(H,86,100)(H,87,113)(H,89,110)(H,90,101)(H,91,99)(H,92,102)(H,93,111)(H,94,112)(H,95,109)(H,96,108)(H,103,104)(H,105,106)/t46-,47?,49?,50?,53?,54?,55?,56?,58+,59?,60?,61+,62+,70?,78?,79?/m1/s1. The second-order valence-corrected chi connectivity index (χ2v) is 33.9. The van der Waals surface area contributed by atoms with Crippen molar-refractivity contribution in [2.75, 3.05) is 70.9 Å². The molecule has 16 atom stereocenters. The SMILES string of the molecule is CSCC[C@H](NC(=O)C(CC(C)C)NC(=O)[C@H](Cc1cnc[nH]1)NC(=O)CNC(=O)C(NC(=O)C(C)NC(=O)[C@H](Cc1c[nH]c2ccccc12)NC(=O)C(CCC(N)=O)NC(=O)CC[C@@H](C)C1CCC2C3CCC4CC(NC(=O)CNC(=O)CNCCN(CCNCC(=O)O)CC(=O)O)CCC4(C)C3CCC21C)C(C)C)C(N)=O. The van der Waals surface area contributed by atoms with Crippen molar-refractivity contribution in [2.24, 2.45) is 69.6 Å². The Hall–Kier alpha value is -9.22. The van der Waals surface area contributed by atoms with Crippen LogP contribution < -0.4 is 75.3 Å². The number of imidazole rings is 1. The van der Waals surface area contributed by atoms with E-state index in [1.807, 2.05) is 44.4 Å². The molecule has 4 fully saturated rings. The minimum absolute atomic E-state index is 0.0107. The summed E-state index contributed by atoms with van der Waals surface area (Å²) in [6.07, 6.45) is 15.9. The van der Waals surface area contributed by atoms with Crippen molar-refractivity contribution in [1.82, 2.24) is 83.7 Å². The number of aliphatic carboxylic acids is 2. The Labute approximate surface area is 671 Å². The van der Waals surface area contributed by atoms with Crippen LogP contribution in [0.1, 0.15) is 163 Å². The number of para-hydroxylation sites is 1. The fraction of sp³-hybridized carbons (Fsp3) is 0.684. The summed E-state index contributed by atoms with van der Waals surface area (Å²) >= 11 is 1.47. The molecule has 0 saturated heterocycles. The Balaban J connectivity index is 0.906. The van der Waals surface area contributed by atoms with Gasteiger partial charge in [-0.15, -0.1) is 0 Å². The molecule has 4 aliphatic carbocycles. The van der Waals surface area contributed by atoms with E-state index in [0.29, 0.717) is 72.7 Å². The third-order valence-corrected chi connectivity index (χ3v) is 24.6. The van der Waals surface area contributed by atoms with Crippen LogP contribution in [0.25, 0.3) is 10.9 Å². The van der Waals surface area contributed by atoms with E-state index >= 15 is 0 Å². The third kappa shape index (κ3) is 27.2. The average Bonchev–Trinajstić information content (AvgIpc) is 1.43. The highest BCUT2D eigenvalue weighted by Gasteiger charge is 2.61. The molecular weight excluding hydrogens is 1490 g/mol. The van der Waals surface area contributed by atoms with Crippen molar-refractivity contribution in [1.29, 1.82) is 0 Å². The molecule has 4 saturated carbocycles. The molecule has 4 aliphatic rings. The number of H-pyrrole nitrogens is 2. The summed E-state index contributed by atoms with van der Waals surface area (Å²) in [4.78, 5) is 197. The van der Waals surface area contributed by atoms with Gasteiger partial charge in [-0.3, -0.25) is 72.0 Å². The molecule has 35 heteroatoms. The maximum absolute atomic E-state index is 14.6. The molecule has 1 aromatic carbocycles. The fourth-order valence-electron chi connectivity index (χ4n) is 17.9. The predicted molar refractivity (Wildman–Crippen MR) is 427 cm³/mol. The van der Waals surface area contributed by atoms with E-state index in [1.54, 1.807) is 24.9 Å². The van der Waals surface area contributed by atoms with Gasteiger partial charge in [-0.25, -0.2) is 4.98 Å². The number of aromatic amines is 2. The predicted octanol–water partition coefficient (Wildman–Crippen LogP) is 0.738. The molecule has 632 valence electrons. The Kier molecular flexibility index (Phi) is 35.5. The lowest BCUT2D eigenvalue weighted by Gasteiger charge is -2.61. The summed E-state index contributed by atoms with van der Waals surface area (Å²) in [5, 5.41) is 52.0. The molecule has 7 rings (SSSR count). The van der Waals surface area contributed by atoms with Gasteiger partial charge in [-0.2, -0.15) is 11.8 Å². The van der Waals surface area contributed by atoms with E-state index < -0.39 is 126 Å². The molecule has 12 amide bonds. The summed E-state index contributed by atoms with van der Waals surface area (Å²) in [5.74, 6) is -7.44. The number of nitrogens with two attached hydrogens (primary N) is 2. The minimum Gasteiger partial charge on any atom is -0.480 e. The van der Waals surface area contributed by atoms with Crippen LogP contribution in [0.4, 0.5) is 0 Å². The molecule has 20 N–H and O–H groups in total. The highest BCUT2D eigenvalue weighted by Crippen LogP contribution is 2.68. The number of fused-ring (bicyclic) bond motifs is 6. The zero-order chi connectivity index (χ0) is 83.6. The van der Waals surface area contributed by atoms with Gasteiger partial charge < -0.3 is 95.4 Å². The number of hydrogen-bond donors (Lipinski definition) is 18. The number of aromatic nitrogens is 3. The molecule has 3 aromatic rings. The highest BCUT2D eigenvalue weighted by atomic mass is 32.2. The van der Waals surface area contributed by atoms with Gasteiger partial charge in [0.2, 0.25) is 70.9 Å². The molecule has 0 spiro atoms. The van der Waals surface area contributed by atoms with Crippen LogP contribution in [0.15, 0.2) is 43.0 Å². The molecule has 0 bridgehead atoms. The number of primary amides is 2. The van der Waals surface area contributed by atoms with E-state index in [2.05, 4.69) is 99.5 Å². The van der Waals surface area contributed by atoms with Crippen molar-refractivity contribution < 1.29 is 77.3 Å². The lowest BCUT2D eigenvalue weighted by atomic mass is 9.44. The van der Waals surface area contributed by atoms with Gasteiger partial charge in [0.15, 0.2) is 0 Å². The number of thioether (sulfide) groups is 1. The van der Waals surface area contributed by atoms with Gasteiger partial charge in [0.1, 0.15) is 42.3 Å². The maximum atomic E-state index is 14.6. The van der Waals surface area contributed by atoms with Gasteiger partial charge in [-0.05, 0) is 172 Å². The number of carbonyl (C=O) groups excluding carboxylic acids is 12. The van der Waals surface area contributed by atoms with E-state index in [9.17, 15) is 72.2 Å². The van der Waals surface area contributed by atoms with Crippen molar-refractivity contribution in [3.8, 4) is 0 Å². The number of amides is 12. The van der Waals surface area contributed by atoms with Crippen LogP contribution in [0.5, 0.6) is 0 Å². The van der Waals surface area contributed by atoms with E-state index in [0.717, 1.165) is 68.7 Å². The second-order valence-electron chi connectivity index (χ2n) is 32.9. The number of carboxylic acid groups (broad SMARTS) is 2. The fourth-order valence-corrected chi connectivity index (χ4v) is 18.4. The molecule has 114 heavy (non-hydrogen) atoms. The zero-order valence-corrected chi connectivity index (χ0v) is 68.3. The van der Waals surface area contributed by atoms with E-state index in [1.165, 1.54) is 31.2 Å². The number of carbonyl (C=O) groups is 14. The first-order valence-electron chi connectivity index (χ1n) is 40.2. The van der Waals surface area contributed by atoms with E-state index in [-0.39, 0.29) is 118 Å². The number of hydrogen-bond acceptors (Lipinski definition) is 19. The van der Waals surface area contributed by atoms with Crippen molar-refractivity contribution in [2.45, 2.75) is 213 Å². The van der Waals surface area contributed by atoms with Crippen molar-refractivity contribution >= 4 is 105 Å². The molecular formula is C79H124N18O16S. The van der Waals surface area contributed by atoms with Crippen LogP contribution in [-0.4, -0.2) is 232 Å². The first-order chi connectivity index (χ1) is 54.1. The van der Waals surface area contributed by atoms with Crippen LogP contribution >= 0.6 is 11.8 Å². The summed E-state index contributed by atoms with van der Waals surface area (Å²) in [7, 11) is 0. The van der Waals surface area contributed by atoms with Crippen molar-refractivity contribution in [3.63, 3.8) is 0 Å². The Bertz CT molecular complexity index is 3800. The van der Waals surface area contributed by atoms with Crippen LogP contribution in [-0.2, 0) is 80.0 Å². The Morgan fingerprint density at radius 3 is 1.91 bits per heavy atom. The summed E-state index contributed by atoms with van der Waals surface area (Å²) in [6, 6.07) is -1.30. The number of benzene rings is 1. The largest absolute Gasteiger partial charge is 0.480 e. The monoisotopic (exact) mass is 1610 g/mol. The number of rotatable bonds is 48. The summed E-state index contributed by atoms with van der Waals surface area (Å²) in [5.41, 5.74) is 13.2. The van der Waals surface area contributed by atoms with Crippen LogP contribution in [0.3, 0.4) is 0 Å². The van der Waals surface area contributed by atoms with Gasteiger partial charge in [0.05, 0.1) is 39.1 Å². The van der Waals surface area contributed by atoms with E-state index in [4.69, 9.17) is 16.6 Å². The Morgan fingerprint density at radius 1 is 0.605 bits per heavy atom. The van der Waals surface area contributed by atoms with Gasteiger partial charge in [-0.1, -0.05) is 66.7 Å². The first-order valence-corrected chi connectivity index (χ1v) is 41.6. The smallest absolute Gasteiger partial charge is 0.317 e. The summed E-state index contributed by atoms with van der Waals surface area (Å²) < 4.78 is 0. The number of nitrogens with zero attached hydrogens (tertiary/aromatic N) is 2. The maximum Gasteiger partial charge on any atom is 0.317 e. The molecule has 0 aliphatic heterocycles. The topological polar surface area (TPSA) is 524 Å². The molecule has 34 nitrogen and oxygen atoms in total. The lowest BCUT2D eigenvalue weighted by molar-refractivity contribution is -0.139. The minimum atomic E-state index is -1.36. The van der Waals surface area contributed by atoms with Crippen LogP contribution in [0.2, 0.25) is 0 Å². The summed E-state index contributed by atoms with van der Waals surface area (Å²) in [6.45, 7) is 15.3. The van der Waals surface area contributed by atoms with Crippen LogP contribution in [0, 0.1) is 58.2 Å². The van der Waals surface area contributed by atoms with Gasteiger partial charge in [0.25, 0.3) is 0 Å². The molecule has 2 heterocycles. The normalized spacial score (nSPS) is 22.5. The highest BCUT2D eigenvalue weighted by molar-refractivity contribution is 7.98. The number of nitrogens with one attached hydrogen (secondary N) is 14. The Morgan fingerprint density at radius 2 is 1.25 bits per heavy atom. The average molecular weight is 1610 g/mol. The molecule has 0 radical (unpaired) electrons. The quantitative estimate of drug-likeness (QED) is 0.0347. The second kappa shape index (κ2) is 44.0. The molecule has 12 unspecified atom stereocenters. The first kappa shape index (κ1) is 92.0. The third-order valence-electron chi connectivity index (χ3n) is 23.9. The molecule has 2 aromatic heterocycles. The lowest BCUT2D eigenvalue weighted by Crippen LogP contribution is -2.59. The number of carboxylic acids is 2. The van der Waals surface area contributed by atoms with Gasteiger partial charge >= 0.3 is 11.9 Å². The zero-order valence-electron chi connectivity index (χ0n) is 67.4. The van der Waals surface area contributed by atoms with Crippen molar-refractivity contribution in [3.05, 3.63) is 54.2 Å².